The van der Waals surface area contributed by atoms with Crippen molar-refractivity contribution in [3.8, 4) is 11.6 Å². The van der Waals surface area contributed by atoms with E-state index in [0.717, 1.165) is 5.56 Å². The Morgan fingerprint density at radius 1 is 1.15 bits per heavy atom. The molecule has 0 bridgehead atoms. The Balaban J connectivity index is 1.68. The molecular weight excluding hydrogens is 342 g/mol. The van der Waals surface area contributed by atoms with Crippen LogP contribution in [0.25, 0.3) is 0 Å². The number of ketones is 1. The summed E-state index contributed by atoms with van der Waals surface area (Å²) < 4.78 is 5.71. The van der Waals surface area contributed by atoms with Gasteiger partial charge in [0, 0.05) is 30.1 Å². The molecular formula is C21H21N3O3. The van der Waals surface area contributed by atoms with Crippen LogP contribution in [0.4, 0.5) is 0 Å². The summed E-state index contributed by atoms with van der Waals surface area (Å²) in [6, 6.07) is 13.0. The van der Waals surface area contributed by atoms with Gasteiger partial charge in [-0.3, -0.25) is 9.59 Å². The van der Waals surface area contributed by atoms with E-state index in [1.807, 2.05) is 36.4 Å². The zero-order chi connectivity index (χ0) is 19.4. The average Bonchev–Trinajstić information content (AvgIpc) is 2.95. The molecule has 0 aliphatic carbocycles. The van der Waals surface area contributed by atoms with Crippen LogP contribution in [0.3, 0.4) is 0 Å². The van der Waals surface area contributed by atoms with Crippen LogP contribution in [-0.2, 0) is 6.54 Å². The molecule has 0 aliphatic rings. The third kappa shape index (κ3) is 4.23. The zero-order valence-electron chi connectivity index (χ0n) is 15.5. The van der Waals surface area contributed by atoms with Gasteiger partial charge in [0.1, 0.15) is 11.4 Å². The number of nitrogens with zero attached hydrogens (tertiary/aromatic N) is 1. The van der Waals surface area contributed by atoms with Crippen molar-refractivity contribution >= 4 is 11.7 Å². The topological polar surface area (TPSA) is 84.1 Å². The number of hydrogen-bond acceptors (Lipinski definition) is 4. The molecule has 3 rings (SSSR count). The van der Waals surface area contributed by atoms with Crippen molar-refractivity contribution in [2.75, 3.05) is 0 Å². The van der Waals surface area contributed by atoms with Gasteiger partial charge in [-0.25, -0.2) is 4.98 Å². The number of nitrogens with one attached hydrogen (secondary N) is 2. The lowest BCUT2D eigenvalue weighted by Gasteiger charge is -2.08. The van der Waals surface area contributed by atoms with Gasteiger partial charge in [-0.1, -0.05) is 18.2 Å². The summed E-state index contributed by atoms with van der Waals surface area (Å²) in [5, 5.41) is 2.86. The zero-order valence-corrected chi connectivity index (χ0v) is 15.5. The number of amides is 1. The SMILES string of the molecule is CC(=O)c1c(C)[nH]c(C(=O)NCc2ccnc(Oc3ccccc3)c2)c1C. The Kier molecular flexibility index (Phi) is 5.35. The second-order valence-electron chi connectivity index (χ2n) is 6.28. The third-order valence-electron chi connectivity index (χ3n) is 4.23. The molecule has 0 saturated carbocycles. The van der Waals surface area contributed by atoms with Gasteiger partial charge in [0.2, 0.25) is 5.88 Å². The predicted octanol–water partition coefficient (Wildman–Crippen LogP) is 3.95. The van der Waals surface area contributed by atoms with Crippen molar-refractivity contribution in [3.63, 3.8) is 0 Å². The normalized spacial score (nSPS) is 10.5. The van der Waals surface area contributed by atoms with Gasteiger partial charge in [0.05, 0.1) is 0 Å². The smallest absolute Gasteiger partial charge is 0.268 e. The Bertz CT molecular complexity index is 978. The van der Waals surface area contributed by atoms with E-state index in [4.69, 9.17) is 4.74 Å². The van der Waals surface area contributed by atoms with Crippen LogP contribution in [-0.4, -0.2) is 21.7 Å². The maximum absolute atomic E-state index is 12.5. The van der Waals surface area contributed by atoms with E-state index in [1.54, 1.807) is 26.1 Å². The Morgan fingerprint density at radius 3 is 2.56 bits per heavy atom. The third-order valence-corrected chi connectivity index (χ3v) is 4.23. The van der Waals surface area contributed by atoms with Crippen LogP contribution in [0.15, 0.2) is 48.7 Å². The van der Waals surface area contributed by atoms with Crippen LogP contribution in [0, 0.1) is 13.8 Å². The maximum Gasteiger partial charge on any atom is 0.268 e. The van der Waals surface area contributed by atoms with Crippen LogP contribution >= 0.6 is 0 Å². The van der Waals surface area contributed by atoms with Crippen molar-refractivity contribution in [1.82, 2.24) is 15.3 Å². The number of aromatic nitrogens is 2. The minimum absolute atomic E-state index is 0.0582. The number of para-hydroxylation sites is 1. The van der Waals surface area contributed by atoms with E-state index in [1.165, 1.54) is 6.92 Å². The van der Waals surface area contributed by atoms with Gasteiger partial charge in [-0.2, -0.15) is 0 Å². The van der Waals surface area contributed by atoms with Crippen molar-refractivity contribution in [1.29, 1.82) is 0 Å². The van der Waals surface area contributed by atoms with E-state index in [-0.39, 0.29) is 11.7 Å². The second-order valence-corrected chi connectivity index (χ2v) is 6.28. The fourth-order valence-corrected chi connectivity index (χ4v) is 3.00. The summed E-state index contributed by atoms with van der Waals surface area (Å²) in [7, 11) is 0. The summed E-state index contributed by atoms with van der Waals surface area (Å²) in [6.45, 7) is 5.37. The van der Waals surface area contributed by atoms with E-state index in [9.17, 15) is 9.59 Å². The molecule has 2 N–H and O–H groups in total. The van der Waals surface area contributed by atoms with Crippen molar-refractivity contribution < 1.29 is 14.3 Å². The first-order valence-electron chi connectivity index (χ1n) is 8.62. The lowest BCUT2D eigenvalue weighted by atomic mass is 10.1. The van der Waals surface area contributed by atoms with Gasteiger partial charge >= 0.3 is 0 Å². The molecule has 3 aromatic rings. The van der Waals surface area contributed by atoms with Crippen molar-refractivity contribution in [2.24, 2.45) is 0 Å². The number of pyridine rings is 1. The molecule has 0 atom stereocenters. The number of hydrogen-bond donors (Lipinski definition) is 2. The minimum atomic E-state index is -0.259. The van der Waals surface area contributed by atoms with Crippen LogP contribution in [0.2, 0.25) is 0 Å². The molecule has 0 unspecified atom stereocenters. The molecule has 0 saturated heterocycles. The van der Waals surface area contributed by atoms with Crippen LogP contribution in [0.1, 0.15) is 44.6 Å². The molecule has 6 nitrogen and oxygen atoms in total. The first-order valence-corrected chi connectivity index (χ1v) is 8.62. The summed E-state index contributed by atoms with van der Waals surface area (Å²) >= 11 is 0. The van der Waals surface area contributed by atoms with Gasteiger partial charge < -0.3 is 15.0 Å². The molecule has 0 spiro atoms. The molecule has 0 radical (unpaired) electrons. The number of benzene rings is 1. The number of aromatic amines is 1. The average molecular weight is 363 g/mol. The number of carbonyl (C=O) groups excluding carboxylic acids is 2. The fraction of sp³-hybridized carbons (Fsp3) is 0.190. The monoisotopic (exact) mass is 363 g/mol. The van der Waals surface area contributed by atoms with E-state index >= 15 is 0 Å². The minimum Gasteiger partial charge on any atom is -0.439 e. The molecule has 1 amide bonds. The molecule has 1 aromatic carbocycles. The van der Waals surface area contributed by atoms with Crippen molar-refractivity contribution in [2.45, 2.75) is 27.3 Å². The lowest BCUT2D eigenvalue weighted by Crippen LogP contribution is -2.24. The molecule has 2 heterocycles. The lowest BCUT2D eigenvalue weighted by molar-refractivity contribution is 0.0945. The Hall–Kier alpha value is -3.41. The Labute approximate surface area is 157 Å². The number of rotatable bonds is 6. The molecule has 0 aliphatic heterocycles. The maximum atomic E-state index is 12.5. The standard InChI is InChI=1S/C21H21N3O3/c1-13-19(15(3)25)14(2)24-20(13)21(26)23-12-16-9-10-22-18(11-16)27-17-7-5-4-6-8-17/h4-11,24H,12H2,1-3H3,(H,23,26). The summed E-state index contributed by atoms with van der Waals surface area (Å²) in [6.07, 6.45) is 1.64. The van der Waals surface area contributed by atoms with E-state index < -0.39 is 0 Å². The number of aryl methyl sites for hydroxylation is 1. The molecule has 138 valence electrons. The van der Waals surface area contributed by atoms with E-state index in [2.05, 4.69) is 15.3 Å². The highest BCUT2D eigenvalue weighted by molar-refractivity contribution is 6.02. The number of Topliss-reactive ketones (excluding diaryl/α,β-unsaturated/α-hetero) is 1. The summed E-state index contributed by atoms with van der Waals surface area (Å²) in [5.41, 5.74) is 3.21. The van der Waals surface area contributed by atoms with Crippen molar-refractivity contribution in [3.05, 3.63) is 76.7 Å². The fourth-order valence-electron chi connectivity index (χ4n) is 3.00. The largest absolute Gasteiger partial charge is 0.439 e. The number of ether oxygens (including phenoxy) is 1. The van der Waals surface area contributed by atoms with E-state index in [0.29, 0.717) is 40.7 Å². The number of carbonyl (C=O) groups is 2. The first-order chi connectivity index (χ1) is 13.0. The summed E-state index contributed by atoms with van der Waals surface area (Å²) in [4.78, 5) is 31.4. The summed E-state index contributed by atoms with van der Waals surface area (Å²) in [5.74, 6) is 0.835. The first kappa shape index (κ1) is 18.4. The highest BCUT2D eigenvalue weighted by Crippen LogP contribution is 2.20. The van der Waals surface area contributed by atoms with Gasteiger partial charge in [0.25, 0.3) is 5.91 Å². The van der Waals surface area contributed by atoms with Gasteiger partial charge in [-0.05, 0) is 50.1 Å². The van der Waals surface area contributed by atoms with Gasteiger partial charge in [0.15, 0.2) is 5.78 Å². The van der Waals surface area contributed by atoms with Crippen LogP contribution < -0.4 is 10.1 Å². The Morgan fingerprint density at radius 2 is 1.89 bits per heavy atom. The molecule has 0 fully saturated rings. The molecule has 2 aromatic heterocycles. The molecule has 6 heteroatoms. The highest BCUT2D eigenvalue weighted by Gasteiger charge is 2.19. The quantitative estimate of drug-likeness (QED) is 0.650. The highest BCUT2D eigenvalue weighted by atomic mass is 16.5. The number of H-pyrrole nitrogens is 1. The molecule has 27 heavy (non-hydrogen) atoms. The van der Waals surface area contributed by atoms with Gasteiger partial charge in [-0.15, -0.1) is 0 Å². The predicted molar refractivity (Wildman–Crippen MR) is 102 cm³/mol. The van der Waals surface area contributed by atoms with Crippen LogP contribution in [0.5, 0.6) is 11.6 Å². The second kappa shape index (κ2) is 7.86.